The molecule has 1 saturated heterocycles. The highest BCUT2D eigenvalue weighted by atomic mass is 32.2. The second kappa shape index (κ2) is 5.83. The van der Waals surface area contributed by atoms with Crippen molar-refractivity contribution in [3.05, 3.63) is 30.3 Å². The second-order valence-corrected chi connectivity index (χ2v) is 6.90. The molecule has 2 unspecified atom stereocenters. The molecule has 8 heteroatoms. The zero-order valence-corrected chi connectivity index (χ0v) is 11.7. The van der Waals surface area contributed by atoms with Crippen LogP contribution in [0.15, 0.2) is 30.3 Å². The molecule has 2 rings (SSSR count). The SMILES string of the molecule is O=S1(=O)CC(O)C(NNC(=S)Nc2ccccc2)C1. The number of benzene rings is 1. The minimum absolute atomic E-state index is 0.102. The summed E-state index contributed by atoms with van der Waals surface area (Å²) in [4.78, 5) is 0. The molecule has 104 valence electrons. The van der Waals surface area contributed by atoms with E-state index >= 15 is 0 Å². The zero-order chi connectivity index (χ0) is 13.9. The summed E-state index contributed by atoms with van der Waals surface area (Å²) in [5, 5.41) is 12.8. The summed E-state index contributed by atoms with van der Waals surface area (Å²) in [6, 6.07) is 8.77. The van der Waals surface area contributed by atoms with Gasteiger partial charge in [-0.3, -0.25) is 5.43 Å². The molecule has 0 bridgehead atoms. The molecule has 1 fully saturated rings. The second-order valence-electron chi connectivity index (χ2n) is 4.34. The number of aliphatic hydroxyl groups is 1. The summed E-state index contributed by atoms with van der Waals surface area (Å²) in [6.07, 6.45) is -0.919. The van der Waals surface area contributed by atoms with E-state index in [1.165, 1.54) is 0 Å². The van der Waals surface area contributed by atoms with Crippen LogP contribution < -0.4 is 16.2 Å². The molecule has 0 radical (unpaired) electrons. The Kier molecular flexibility index (Phi) is 4.35. The number of hydrogen-bond donors (Lipinski definition) is 4. The molecule has 0 aliphatic carbocycles. The van der Waals surface area contributed by atoms with Gasteiger partial charge in [0.1, 0.15) is 0 Å². The van der Waals surface area contributed by atoms with E-state index < -0.39 is 22.0 Å². The van der Waals surface area contributed by atoms with Crippen molar-refractivity contribution in [2.75, 3.05) is 16.8 Å². The summed E-state index contributed by atoms with van der Waals surface area (Å²) in [5.41, 5.74) is 6.23. The van der Waals surface area contributed by atoms with Crippen molar-refractivity contribution in [2.24, 2.45) is 0 Å². The highest BCUT2D eigenvalue weighted by Crippen LogP contribution is 2.11. The van der Waals surface area contributed by atoms with Crippen molar-refractivity contribution in [1.29, 1.82) is 0 Å². The van der Waals surface area contributed by atoms with Crippen LogP contribution in [-0.4, -0.2) is 42.3 Å². The van der Waals surface area contributed by atoms with Crippen LogP contribution in [0.2, 0.25) is 0 Å². The number of aliphatic hydroxyl groups excluding tert-OH is 1. The highest BCUT2D eigenvalue weighted by Gasteiger charge is 2.36. The third-order valence-corrected chi connectivity index (χ3v) is 4.65. The van der Waals surface area contributed by atoms with Gasteiger partial charge in [-0.15, -0.1) is 0 Å². The predicted molar refractivity (Wildman–Crippen MR) is 77.4 cm³/mol. The Balaban J connectivity index is 1.81. The van der Waals surface area contributed by atoms with Gasteiger partial charge >= 0.3 is 0 Å². The molecule has 4 N–H and O–H groups in total. The summed E-state index contributed by atoms with van der Waals surface area (Å²) in [5.74, 6) is -0.319. The topological polar surface area (TPSA) is 90.5 Å². The van der Waals surface area contributed by atoms with E-state index in [1.807, 2.05) is 30.3 Å². The first-order valence-corrected chi connectivity index (χ1v) is 7.95. The molecular weight excluding hydrogens is 286 g/mol. The minimum Gasteiger partial charge on any atom is -0.390 e. The van der Waals surface area contributed by atoms with Crippen LogP contribution in [-0.2, 0) is 9.84 Å². The third-order valence-electron chi connectivity index (χ3n) is 2.73. The Labute approximate surface area is 117 Å². The van der Waals surface area contributed by atoms with Crippen LogP contribution in [0, 0.1) is 0 Å². The number of rotatable bonds is 3. The normalized spacial score (nSPS) is 24.9. The van der Waals surface area contributed by atoms with E-state index in [-0.39, 0.29) is 11.5 Å². The fourth-order valence-corrected chi connectivity index (χ4v) is 3.73. The Hall–Kier alpha value is -1.22. The average Bonchev–Trinajstić information content (AvgIpc) is 2.61. The Morgan fingerprint density at radius 2 is 1.95 bits per heavy atom. The lowest BCUT2D eigenvalue weighted by molar-refractivity contribution is 0.163. The first-order chi connectivity index (χ1) is 8.96. The van der Waals surface area contributed by atoms with E-state index in [1.54, 1.807) is 0 Å². The maximum absolute atomic E-state index is 11.3. The van der Waals surface area contributed by atoms with Gasteiger partial charge in [0.05, 0.1) is 23.7 Å². The van der Waals surface area contributed by atoms with Crippen LogP contribution in [0.25, 0.3) is 0 Å². The van der Waals surface area contributed by atoms with Crippen molar-refractivity contribution in [2.45, 2.75) is 12.1 Å². The van der Waals surface area contributed by atoms with Crippen LogP contribution in [0.5, 0.6) is 0 Å². The van der Waals surface area contributed by atoms with Crippen LogP contribution in [0.3, 0.4) is 0 Å². The zero-order valence-electron chi connectivity index (χ0n) is 10.0. The molecule has 0 saturated carbocycles. The van der Waals surface area contributed by atoms with E-state index in [0.29, 0.717) is 5.11 Å². The van der Waals surface area contributed by atoms with Gasteiger partial charge in [0.15, 0.2) is 14.9 Å². The highest BCUT2D eigenvalue weighted by molar-refractivity contribution is 7.91. The van der Waals surface area contributed by atoms with Crippen LogP contribution in [0.4, 0.5) is 5.69 Å². The maximum atomic E-state index is 11.3. The molecule has 1 aliphatic heterocycles. The number of para-hydroxylation sites is 1. The first-order valence-electron chi connectivity index (χ1n) is 5.72. The van der Waals surface area contributed by atoms with Crippen LogP contribution >= 0.6 is 12.2 Å². The standard InChI is InChI=1S/C11H15N3O3S2/c15-10-7-19(16,17)6-9(10)13-14-11(18)12-8-4-2-1-3-5-8/h1-5,9-10,13,15H,6-7H2,(H2,12,14,18). The van der Waals surface area contributed by atoms with Crippen molar-refractivity contribution in [3.63, 3.8) is 0 Å². The first kappa shape index (κ1) is 14.2. The van der Waals surface area contributed by atoms with Crippen molar-refractivity contribution < 1.29 is 13.5 Å². The van der Waals surface area contributed by atoms with Gasteiger partial charge in [-0.05, 0) is 24.4 Å². The number of anilines is 1. The fraction of sp³-hybridized carbons (Fsp3) is 0.364. The number of thiocarbonyl (C=S) groups is 1. The summed E-state index contributed by atoms with van der Waals surface area (Å²) in [6.45, 7) is 0. The molecule has 19 heavy (non-hydrogen) atoms. The van der Waals surface area contributed by atoms with E-state index in [9.17, 15) is 13.5 Å². The van der Waals surface area contributed by atoms with Gasteiger partial charge in [0.25, 0.3) is 0 Å². The van der Waals surface area contributed by atoms with Gasteiger partial charge in [-0.1, -0.05) is 18.2 Å². The molecule has 1 aliphatic rings. The molecule has 1 heterocycles. The number of hydrogen-bond acceptors (Lipinski definition) is 5. The monoisotopic (exact) mass is 301 g/mol. The molecule has 0 aromatic heterocycles. The maximum Gasteiger partial charge on any atom is 0.185 e. The lowest BCUT2D eigenvalue weighted by Gasteiger charge is -2.17. The number of sulfone groups is 1. The third kappa shape index (κ3) is 4.13. The molecule has 1 aromatic rings. The van der Waals surface area contributed by atoms with Crippen LogP contribution in [0.1, 0.15) is 0 Å². The Morgan fingerprint density at radius 1 is 1.26 bits per heavy atom. The Morgan fingerprint density at radius 3 is 2.53 bits per heavy atom. The van der Waals surface area contributed by atoms with Gasteiger partial charge in [0, 0.05) is 5.69 Å². The van der Waals surface area contributed by atoms with Gasteiger partial charge in [0.2, 0.25) is 0 Å². The number of nitrogens with one attached hydrogen (secondary N) is 3. The summed E-state index contributed by atoms with van der Waals surface area (Å²) in [7, 11) is -3.17. The quantitative estimate of drug-likeness (QED) is 0.447. The van der Waals surface area contributed by atoms with Gasteiger partial charge in [-0.2, -0.15) is 0 Å². The van der Waals surface area contributed by atoms with E-state index in [0.717, 1.165) is 5.69 Å². The van der Waals surface area contributed by atoms with Crippen molar-refractivity contribution >= 4 is 32.9 Å². The molecule has 2 atom stereocenters. The van der Waals surface area contributed by atoms with E-state index in [2.05, 4.69) is 16.2 Å². The van der Waals surface area contributed by atoms with Crippen molar-refractivity contribution in [1.82, 2.24) is 10.9 Å². The predicted octanol–water partition coefficient (Wildman–Crippen LogP) is -0.364. The lowest BCUT2D eigenvalue weighted by Crippen LogP contribution is -2.50. The largest absolute Gasteiger partial charge is 0.390 e. The fourth-order valence-electron chi connectivity index (χ4n) is 1.81. The average molecular weight is 301 g/mol. The molecule has 0 amide bonds. The molecule has 0 spiro atoms. The van der Waals surface area contributed by atoms with Gasteiger partial charge in [-0.25, -0.2) is 13.8 Å². The van der Waals surface area contributed by atoms with Crippen molar-refractivity contribution in [3.8, 4) is 0 Å². The summed E-state index contributed by atoms with van der Waals surface area (Å²) < 4.78 is 22.6. The summed E-state index contributed by atoms with van der Waals surface area (Å²) >= 11 is 5.05. The van der Waals surface area contributed by atoms with Gasteiger partial charge < -0.3 is 10.4 Å². The Bertz CT molecular complexity index is 548. The lowest BCUT2D eigenvalue weighted by atomic mass is 10.2. The molecule has 6 nitrogen and oxygen atoms in total. The minimum atomic E-state index is -3.17. The molecule has 1 aromatic carbocycles. The molecular formula is C11H15N3O3S2. The smallest absolute Gasteiger partial charge is 0.185 e. The van der Waals surface area contributed by atoms with E-state index in [4.69, 9.17) is 12.2 Å². The number of hydrazine groups is 1.